The average molecular weight is 388 g/mol. The van der Waals surface area contributed by atoms with E-state index >= 15 is 0 Å². The molecule has 0 fully saturated rings. The molecule has 0 N–H and O–H groups in total. The number of ether oxygens (including phenoxy) is 1. The second kappa shape index (κ2) is 4.64. The molecular weight excluding hydrogens is 378 g/mol. The summed E-state index contributed by atoms with van der Waals surface area (Å²) < 4.78 is 8.01. The number of hydrogen-bond donors (Lipinski definition) is 0. The quantitative estimate of drug-likeness (QED) is 0.703. The van der Waals surface area contributed by atoms with Gasteiger partial charge < -0.3 is 4.74 Å². The molecule has 0 aliphatic carbocycles. The molecule has 1 rings (SSSR count). The molecule has 0 aliphatic rings. The van der Waals surface area contributed by atoms with Gasteiger partial charge in [0.2, 0.25) is 0 Å². The van der Waals surface area contributed by atoms with Crippen molar-refractivity contribution in [3.05, 3.63) is 25.3 Å². The van der Waals surface area contributed by atoms with Crippen LogP contribution in [0, 0.1) is 7.14 Å². The van der Waals surface area contributed by atoms with Crippen LogP contribution in [-0.4, -0.2) is 6.10 Å². The summed E-state index contributed by atoms with van der Waals surface area (Å²) in [6, 6.07) is 6.15. The lowest BCUT2D eigenvalue weighted by atomic mass is 10.3. The molecule has 0 saturated heterocycles. The Morgan fingerprint density at radius 2 is 1.67 bits per heavy atom. The number of rotatable bonds is 2. The number of benzene rings is 1. The number of para-hydroxylation sites is 1. The van der Waals surface area contributed by atoms with Gasteiger partial charge in [0.15, 0.2) is 0 Å². The van der Waals surface area contributed by atoms with Gasteiger partial charge in [-0.1, -0.05) is 6.07 Å². The van der Waals surface area contributed by atoms with Crippen molar-refractivity contribution in [2.24, 2.45) is 0 Å². The maximum Gasteiger partial charge on any atom is 0.146 e. The lowest BCUT2D eigenvalue weighted by Gasteiger charge is -2.12. The molecule has 0 heterocycles. The van der Waals surface area contributed by atoms with Crippen LogP contribution in [0.1, 0.15) is 13.8 Å². The zero-order valence-corrected chi connectivity index (χ0v) is 11.3. The molecule has 0 amide bonds. The smallest absolute Gasteiger partial charge is 0.146 e. The van der Waals surface area contributed by atoms with Gasteiger partial charge in [-0.3, -0.25) is 0 Å². The van der Waals surface area contributed by atoms with Gasteiger partial charge in [0.05, 0.1) is 13.2 Å². The van der Waals surface area contributed by atoms with Crippen molar-refractivity contribution in [1.82, 2.24) is 0 Å². The highest BCUT2D eigenvalue weighted by atomic mass is 127. The van der Waals surface area contributed by atoms with Crippen LogP contribution in [-0.2, 0) is 0 Å². The summed E-state index contributed by atoms with van der Waals surface area (Å²) in [4.78, 5) is 0. The molecule has 0 aromatic heterocycles. The molecule has 1 aromatic rings. The summed E-state index contributed by atoms with van der Waals surface area (Å²) in [5.41, 5.74) is 0. The predicted octanol–water partition coefficient (Wildman–Crippen LogP) is 3.68. The molecule has 1 nitrogen and oxygen atoms in total. The Hall–Kier alpha value is 0.480. The zero-order valence-electron chi connectivity index (χ0n) is 6.97. The summed E-state index contributed by atoms with van der Waals surface area (Å²) in [5.74, 6) is 1.01. The number of halogens is 2. The van der Waals surface area contributed by atoms with Crippen LogP contribution in [0.3, 0.4) is 0 Å². The van der Waals surface area contributed by atoms with E-state index in [-0.39, 0.29) is 6.10 Å². The fourth-order valence-corrected chi connectivity index (χ4v) is 2.60. The molecule has 0 aliphatic heterocycles. The minimum absolute atomic E-state index is 0.245. The summed E-state index contributed by atoms with van der Waals surface area (Å²) in [7, 11) is 0. The molecule has 0 spiro atoms. The highest BCUT2D eigenvalue weighted by Crippen LogP contribution is 2.27. The summed E-state index contributed by atoms with van der Waals surface area (Å²) in [5, 5.41) is 0. The summed E-state index contributed by atoms with van der Waals surface area (Å²) >= 11 is 4.58. The van der Waals surface area contributed by atoms with Gasteiger partial charge in [0, 0.05) is 0 Å². The standard InChI is InChI=1S/C9H10I2O/c1-6(2)12-9-7(10)4-3-5-8(9)11/h3-6H,1-2H3. The first-order valence-corrected chi connectivity index (χ1v) is 5.87. The van der Waals surface area contributed by atoms with Gasteiger partial charge in [0.25, 0.3) is 0 Å². The van der Waals surface area contributed by atoms with Gasteiger partial charge in [0.1, 0.15) is 5.75 Å². The molecule has 3 heteroatoms. The first-order valence-electron chi connectivity index (χ1n) is 3.72. The van der Waals surface area contributed by atoms with Crippen LogP contribution in [0.15, 0.2) is 18.2 Å². The maximum atomic E-state index is 5.66. The van der Waals surface area contributed by atoms with E-state index in [0.717, 1.165) is 5.75 Å². The van der Waals surface area contributed by atoms with E-state index in [2.05, 4.69) is 57.3 Å². The van der Waals surface area contributed by atoms with Crippen LogP contribution in [0.5, 0.6) is 5.75 Å². The molecule has 0 unspecified atom stereocenters. The Bertz CT molecular complexity index is 251. The van der Waals surface area contributed by atoms with Crippen LogP contribution < -0.4 is 4.74 Å². The third kappa shape index (κ3) is 2.76. The Morgan fingerprint density at radius 3 is 2.08 bits per heavy atom. The van der Waals surface area contributed by atoms with E-state index in [9.17, 15) is 0 Å². The van der Waals surface area contributed by atoms with Gasteiger partial charge in [-0.25, -0.2) is 0 Å². The third-order valence-corrected chi connectivity index (χ3v) is 2.97. The summed E-state index contributed by atoms with van der Waals surface area (Å²) in [6.45, 7) is 4.08. The van der Waals surface area contributed by atoms with E-state index < -0.39 is 0 Å². The molecule has 0 bridgehead atoms. The normalized spacial score (nSPS) is 10.4. The Morgan fingerprint density at radius 1 is 1.17 bits per heavy atom. The van der Waals surface area contributed by atoms with Crippen molar-refractivity contribution in [3.8, 4) is 5.75 Å². The monoisotopic (exact) mass is 388 g/mol. The van der Waals surface area contributed by atoms with Crippen LogP contribution >= 0.6 is 45.2 Å². The molecule has 0 atom stereocenters. The van der Waals surface area contributed by atoms with E-state index in [1.807, 2.05) is 19.9 Å². The second-order valence-corrected chi connectivity index (χ2v) is 5.04. The largest absolute Gasteiger partial charge is 0.489 e. The Labute approximate surface area is 100 Å². The molecule has 66 valence electrons. The minimum atomic E-state index is 0.245. The zero-order chi connectivity index (χ0) is 9.14. The molecular formula is C9H10I2O. The van der Waals surface area contributed by atoms with E-state index in [1.54, 1.807) is 0 Å². The molecule has 0 radical (unpaired) electrons. The molecule has 0 saturated carbocycles. The third-order valence-electron chi connectivity index (χ3n) is 1.27. The topological polar surface area (TPSA) is 9.23 Å². The highest BCUT2D eigenvalue weighted by molar-refractivity contribution is 14.1. The SMILES string of the molecule is CC(C)Oc1c(I)cccc1I. The fraction of sp³-hybridized carbons (Fsp3) is 0.333. The van der Waals surface area contributed by atoms with Crippen molar-refractivity contribution >= 4 is 45.2 Å². The first kappa shape index (κ1) is 10.6. The van der Waals surface area contributed by atoms with Gasteiger partial charge in [-0.05, 0) is 71.2 Å². The van der Waals surface area contributed by atoms with Gasteiger partial charge in [-0.2, -0.15) is 0 Å². The van der Waals surface area contributed by atoms with E-state index in [4.69, 9.17) is 4.74 Å². The molecule has 12 heavy (non-hydrogen) atoms. The van der Waals surface area contributed by atoms with Gasteiger partial charge in [-0.15, -0.1) is 0 Å². The van der Waals surface area contributed by atoms with E-state index in [0.29, 0.717) is 0 Å². The molecule has 1 aromatic carbocycles. The van der Waals surface area contributed by atoms with Crippen molar-refractivity contribution in [3.63, 3.8) is 0 Å². The predicted molar refractivity (Wildman–Crippen MR) is 67.6 cm³/mol. The lowest BCUT2D eigenvalue weighted by molar-refractivity contribution is 0.239. The van der Waals surface area contributed by atoms with Crippen molar-refractivity contribution in [2.45, 2.75) is 20.0 Å². The van der Waals surface area contributed by atoms with Gasteiger partial charge >= 0.3 is 0 Å². The van der Waals surface area contributed by atoms with Crippen molar-refractivity contribution in [1.29, 1.82) is 0 Å². The van der Waals surface area contributed by atoms with Crippen molar-refractivity contribution < 1.29 is 4.74 Å². The number of hydrogen-bond acceptors (Lipinski definition) is 1. The highest BCUT2D eigenvalue weighted by Gasteiger charge is 2.06. The lowest BCUT2D eigenvalue weighted by Crippen LogP contribution is -2.07. The van der Waals surface area contributed by atoms with Crippen LogP contribution in [0.25, 0.3) is 0 Å². The van der Waals surface area contributed by atoms with Crippen LogP contribution in [0.4, 0.5) is 0 Å². The van der Waals surface area contributed by atoms with E-state index in [1.165, 1.54) is 7.14 Å². The first-order chi connectivity index (χ1) is 5.61. The minimum Gasteiger partial charge on any atom is -0.489 e. The summed E-state index contributed by atoms with van der Waals surface area (Å²) in [6.07, 6.45) is 0.245. The second-order valence-electron chi connectivity index (χ2n) is 2.72. The average Bonchev–Trinajstić information content (AvgIpc) is 1.97. The Kier molecular flexibility index (Phi) is 4.09. The Balaban J connectivity index is 2.96. The fourth-order valence-electron chi connectivity index (χ4n) is 0.831. The maximum absolute atomic E-state index is 5.66. The van der Waals surface area contributed by atoms with Crippen LogP contribution in [0.2, 0.25) is 0 Å². The van der Waals surface area contributed by atoms with Crippen molar-refractivity contribution in [2.75, 3.05) is 0 Å².